The first-order valence-corrected chi connectivity index (χ1v) is 15.8. The number of carbonyl (C=O) groups is 5. The van der Waals surface area contributed by atoms with Gasteiger partial charge in [0.1, 0.15) is 30.2 Å². The van der Waals surface area contributed by atoms with Crippen molar-refractivity contribution in [2.75, 3.05) is 6.54 Å². The number of rotatable bonds is 11. The van der Waals surface area contributed by atoms with Gasteiger partial charge in [0.05, 0.1) is 0 Å². The second-order valence-electron chi connectivity index (χ2n) is 12.6. The van der Waals surface area contributed by atoms with Crippen LogP contribution >= 0.6 is 0 Å². The van der Waals surface area contributed by atoms with E-state index in [2.05, 4.69) is 31.6 Å². The van der Waals surface area contributed by atoms with Gasteiger partial charge in [-0.25, -0.2) is 0 Å². The van der Waals surface area contributed by atoms with Crippen molar-refractivity contribution < 1.29 is 24.0 Å². The predicted octanol–water partition coefficient (Wildman–Crippen LogP) is 0.469. The lowest BCUT2D eigenvalue weighted by Crippen LogP contribution is -2.59. The van der Waals surface area contributed by atoms with Crippen LogP contribution in [0.3, 0.4) is 0 Å². The molecule has 6 unspecified atom stereocenters. The summed E-state index contributed by atoms with van der Waals surface area (Å²) in [6.45, 7) is 11.4. The Bertz CT molecular complexity index is 1190. The Morgan fingerprint density at radius 2 is 1.27 bits per heavy atom. The Hall–Kier alpha value is -4.16. The van der Waals surface area contributed by atoms with Crippen LogP contribution in [0.1, 0.15) is 72.8 Å². The summed E-state index contributed by atoms with van der Waals surface area (Å²) in [7, 11) is 0. The van der Waals surface area contributed by atoms with Gasteiger partial charge in [0.15, 0.2) is 5.96 Å². The number of benzene rings is 1. The normalized spacial score (nSPS) is 24.4. The van der Waals surface area contributed by atoms with E-state index in [-0.39, 0.29) is 43.1 Å². The van der Waals surface area contributed by atoms with Gasteiger partial charge in [0.25, 0.3) is 0 Å². The molecule has 13 nitrogen and oxygen atoms in total. The SMILES string of the molecule is CCC(C)C1NC(=O)C(CC(C)C)NC(=O)C(C(C)C)NC(=O)C(CCCN=C(N)N)NC(=O)C(Cc2ccccc2)NC1=O. The fourth-order valence-corrected chi connectivity index (χ4v) is 5.07. The monoisotopic (exact) mass is 628 g/mol. The van der Waals surface area contributed by atoms with E-state index in [4.69, 9.17) is 11.5 Å². The van der Waals surface area contributed by atoms with Gasteiger partial charge in [0.2, 0.25) is 29.5 Å². The van der Waals surface area contributed by atoms with Crippen LogP contribution in [0.5, 0.6) is 0 Å². The van der Waals surface area contributed by atoms with Gasteiger partial charge in [-0.1, -0.05) is 78.3 Å². The summed E-state index contributed by atoms with van der Waals surface area (Å²) in [4.78, 5) is 72.4. The van der Waals surface area contributed by atoms with E-state index in [1.807, 2.05) is 58.0 Å². The largest absolute Gasteiger partial charge is 0.370 e. The molecule has 1 aliphatic heterocycles. The second-order valence-corrected chi connectivity index (χ2v) is 12.6. The zero-order valence-corrected chi connectivity index (χ0v) is 27.4. The molecular weight excluding hydrogens is 576 g/mol. The molecule has 1 fully saturated rings. The first-order valence-electron chi connectivity index (χ1n) is 15.8. The molecule has 250 valence electrons. The van der Waals surface area contributed by atoms with Crippen molar-refractivity contribution in [1.82, 2.24) is 26.6 Å². The third-order valence-corrected chi connectivity index (χ3v) is 7.87. The number of hydrogen-bond acceptors (Lipinski definition) is 6. The highest BCUT2D eigenvalue weighted by Crippen LogP contribution is 2.14. The molecule has 0 aliphatic carbocycles. The molecule has 0 radical (unpaired) electrons. The first kappa shape index (κ1) is 37.0. The van der Waals surface area contributed by atoms with E-state index in [1.54, 1.807) is 13.8 Å². The molecule has 6 atom stereocenters. The number of nitrogens with zero attached hydrogens (tertiary/aromatic N) is 1. The van der Waals surface area contributed by atoms with Crippen molar-refractivity contribution in [2.45, 2.75) is 104 Å². The van der Waals surface area contributed by atoms with Crippen LogP contribution < -0.4 is 38.1 Å². The molecule has 1 saturated heterocycles. The smallest absolute Gasteiger partial charge is 0.243 e. The minimum absolute atomic E-state index is 0.0396. The molecule has 1 aromatic rings. The number of aliphatic imine (C=N–C) groups is 1. The third kappa shape index (κ3) is 12.0. The topological polar surface area (TPSA) is 210 Å². The summed E-state index contributed by atoms with van der Waals surface area (Å²) in [5, 5.41) is 14.1. The van der Waals surface area contributed by atoms with Crippen LogP contribution in [0.25, 0.3) is 0 Å². The summed E-state index contributed by atoms with van der Waals surface area (Å²) in [6, 6.07) is 4.14. The first-order chi connectivity index (χ1) is 21.2. The average molecular weight is 629 g/mol. The highest BCUT2D eigenvalue weighted by Gasteiger charge is 2.36. The molecule has 0 aromatic heterocycles. The van der Waals surface area contributed by atoms with Crippen LogP contribution in [0.4, 0.5) is 0 Å². The van der Waals surface area contributed by atoms with E-state index in [0.717, 1.165) is 5.56 Å². The molecule has 0 saturated carbocycles. The minimum atomic E-state index is -1.06. The summed E-state index contributed by atoms with van der Waals surface area (Å²) >= 11 is 0. The number of nitrogens with two attached hydrogens (primary N) is 2. The summed E-state index contributed by atoms with van der Waals surface area (Å²) in [5.41, 5.74) is 11.7. The lowest BCUT2D eigenvalue weighted by atomic mass is 9.95. The third-order valence-electron chi connectivity index (χ3n) is 7.87. The average Bonchev–Trinajstić information content (AvgIpc) is 2.98. The Labute approximate surface area is 266 Å². The van der Waals surface area contributed by atoms with E-state index < -0.39 is 59.7 Å². The van der Waals surface area contributed by atoms with Crippen LogP contribution in [0, 0.1) is 17.8 Å². The van der Waals surface area contributed by atoms with Crippen molar-refractivity contribution in [2.24, 2.45) is 34.2 Å². The molecule has 2 rings (SSSR count). The summed E-state index contributed by atoms with van der Waals surface area (Å²) in [5.74, 6) is -3.42. The van der Waals surface area contributed by atoms with E-state index in [0.29, 0.717) is 19.3 Å². The molecule has 5 amide bonds. The lowest BCUT2D eigenvalue weighted by Gasteiger charge is -2.29. The minimum Gasteiger partial charge on any atom is -0.370 e. The molecule has 45 heavy (non-hydrogen) atoms. The van der Waals surface area contributed by atoms with Gasteiger partial charge in [-0.15, -0.1) is 0 Å². The number of nitrogens with one attached hydrogen (secondary N) is 5. The van der Waals surface area contributed by atoms with Gasteiger partial charge in [-0.3, -0.25) is 29.0 Å². The number of carbonyl (C=O) groups excluding carboxylic acids is 5. The van der Waals surface area contributed by atoms with Crippen molar-refractivity contribution in [3.8, 4) is 0 Å². The lowest BCUT2D eigenvalue weighted by molar-refractivity contribution is -0.135. The zero-order valence-electron chi connectivity index (χ0n) is 27.4. The number of guanidine groups is 1. The predicted molar refractivity (Wildman–Crippen MR) is 173 cm³/mol. The molecule has 0 bridgehead atoms. The van der Waals surface area contributed by atoms with E-state index >= 15 is 0 Å². The maximum atomic E-state index is 13.8. The summed E-state index contributed by atoms with van der Waals surface area (Å²) < 4.78 is 0. The van der Waals surface area contributed by atoms with Crippen LogP contribution in [-0.4, -0.2) is 72.2 Å². The van der Waals surface area contributed by atoms with Crippen molar-refractivity contribution in [3.63, 3.8) is 0 Å². The Balaban J connectivity index is 2.59. The van der Waals surface area contributed by atoms with E-state index in [9.17, 15) is 24.0 Å². The van der Waals surface area contributed by atoms with Gasteiger partial charge in [0, 0.05) is 13.0 Å². The Kier molecular flexibility index (Phi) is 14.8. The van der Waals surface area contributed by atoms with Crippen LogP contribution in [0.2, 0.25) is 0 Å². The molecule has 1 aromatic carbocycles. The molecule has 1 heterocycles. The van der Waals surface area contributed by atoms with Crippen LogP contribution in [-0.2, 0) is 30.4 Å². The Morgan fingerprint density at radius 3 is 1.84 bits per heavy atom. The highest BCUT2D eigenvalue weighted by atomic mass is 16.2. The van der Waals surface area contributed by atoms with Crippen molar-refractivity contribution >= 4 is 35.5 Å². The molecule has 1 aliphatic rings. The van der Waals surface area contributed by atoms with Gasteiger partial charge in [-0.05, 0) is 42.6 Å². The maximum Gasteiger partial charge on any atom is 0.243 e. The molecular formula is C32H52N8O5. The quantitative estimate of drug-likeness (QED) is 0.105. The fourth-order valence-electron chi connectivity index (χ4n) is 5.07. The zero-order chi connectivity index (χ0) is 33.7. The number of amides is 5. The second kappa shape index (κ2) is 18.0. The standard InChI is InChI=1S/C32H52N8O5/c1-7-20(6)26-31(45)38-24(17-21-12-9-8-10-13-21)28(42)36-22(14-11-15-35-32(33)34)27(41)39-25(19(4)5)30(44)37-23(16-18(2)3)29(43)40-26/h8-10,12-13,18-20,22-26H,7,11,14-17H2,1-6H3,(H,36,42)(H,37,44)(H,38,45)(H,39,41)(H,40,43)(H4,33,34,35). The van der Waals surface area contributed by atoms with E-state index in [1.165, 1.54) is 0 Å². The summed E-state index contributed by atoms with van der Waals surface area (Å²) in [6.07, 6.45) is 1.55. The van der Waals surface area contributed by atoms with Crippen molar-refractivity contribution in [3.05, 3.63) is 35.9 Å². The van der Waals surface area contributed by atoms with Crippen LogP contribution in [0.15, 0.2) is 35.3 Å². The molecule has 13 heteroatoms. The highest BCUT2D eigenvalue weighted by molar-refractivity contribution is 5.98. The van der Waals surface area contributed by atoms with Crippen molar-refractivity contribution in [1.29, 1.82) is 0 Å². The molecule has 9 N–H and O–H groups in total. The van der Waals surface area contributed by atoms with Gasteiger partial charge in [-0.2, -0.15) is 0 Å². The maximum absolute atomic E-state index is 13.8. The Morgan fingerprint density at radius 1 is 0.733 bits per heavy atom. The molecule has 0 spiro atoms. The number of hydrogen-bond donors (Lipinski definition) is 7. The fraction of sp³-hybridized carbons (Fsp3) is 0.625. The van der Waals surface area contributed by atoms with Gasteiger partial charge < -0.3 is 38.1 Å². The van der Waals surface area contributed by atoms with Gasteiger partial charge >= 0.3 is 0 Å².